The van der Waals surface area contributed by atoms with Gasteiger partial charge >= 0.3 is 5.97 Å². The highest BCUT2D eigenvalue weighted by Crippen LogP contribution is 2.29. The van der Waals surface area contributed by atoms with Gasteiger partial charge in [0.2, 0.25) is 0 Å². The maximum atomic E-state index is 12.8. The maximum absolute atomic E-state index is 12.8. The molecule has 0 unspecified atom stereocenters. The molecule has 41 heavy (non-hydrogen) atoms. The lowest BCUT2D eigenvalue weighted by atomic mass is 9.87. The molecule has 1 amide bonds. The molecule has 0 saturated carbocycles. The van der Waals surface area contributed by atoms with Crippen molar-refractivity contribution in [3.05, 3.63) is 89.0 Å². The third-order valence-electron chi connectivity index (χ3n) is 6.03. The van der Waals surface area contributed by atoms with Crippen LogP contribution in [0.1, 0.15) is 52.6 Å². The number of hydrogen-bond acceptors (Lipinski definition) is 7. The number of aliphatic hydroxyl groups is 1. The average Bonchev–Trinajstić information content (AvgIpc) is 2.88. The molecule has 0 aromatic heterocycles. The predicted molar refractivity (Wildman–Crippen MR) is 159 cm³/mol. The fraction of sp³-hybridized carbons (Fsp3) is 0.276. The van der Waals surface area contributed by atoms with Gasteiger partial charge in [0.25, 0.3) is 16.0 Å². The van der Waals surface area contributed by atoms with Gasteiger partial charge in [-0.05, 0) is 58.5 Å². The number of benzene rings is 3. The molecule has 0 saturated heterocycles. The molecule has 0 heterocycles. The van der Waals surface area contributed by atoms with Gasteiger partial charge in [0, 0.05) is 23.4 Å². The Morgan fingerprint density at radius 1 is 0.976 bits per heavy atom. The minimum atomic E-state index is -3.67. The standard InChI is InChI=1S/C28H32N4O4.CH4O3S/c1-28(2,3)24(16-33)32-26(34)18-10-13-22(23(14-18)27(35)36)21-7-5-4-6-19(21)15-31-20-11-8-17(9-12-20)25(29)30;1-5(2,3)4/h4-14,24,31,33H,15-16H2,1-3H3,(H3,29,30)(H,32,34)(H,35,36);1H3,(H,2,3,4)/t24-;/m1./s1. The first-order valence-electron chi connectivity index (χ1n) is 12.5. The fourth-order valence-electron chi connectivity index (χ4n) is 3.78. The highest BCUT2D eigenvalue weighted by Gasteiger charge is 2.26. The van der Waals surface area contributed by atoms with Crippen LogP contribution in [0.15, 0.2) is 66.7 Å². The summed E-state index contributed by atoms with van der Waals surface area (Å²) in [6.07, 6.45) is 0.715. The normalized spacial score (nSPS) is 12.0. The quantitative estimate of drug-likeness (QED) is 0.111. The van der Waals surface area contributed by atoms with E-state index < -0.39 is 28.0 Å². The molecule has 3 aromatic rings. The Balaban J connectivity index is 0.00000108. The summed E-state index contributed by atoms with van der Waals surface area (Å²) in [7, 11) is -3.67. The van der Waals surface area contributed by atoms with Gasteiger partial charge in [-0.2, -0.15) is 8.42 Å². The Morgan fingerprint density at radius 2 is 1.54 bits per heavy atom. The number of carbonyl (C=O) groups excluding carboxylic acids is 1. The zero-order valence-electron chi connectivity index (χ0n) is 23.3. The summed E-state index contributed by atoms with van der Waals surface area (Å²) < 4.78 is 25.9. The molecule has 0 fully saturated rings. The van der Waals surface area contributed by atoms with Crippen molar-refractivity contribution >= 4 is 33.5 Å². The molecule has 3 aromatic carbocycles. The van der Waals surface area contributed by atoms with Crippen LogP contribution < -0.4 is 16.4 Å². The van der Waals surface area contributed by atoms with Crippen LogP contribution in [-0.4, -0.2) is 59.8 Å². The Hall–Kier alpha value is -4.26. The van der Waals surface area contributed by atoms with E-state index in [1.807, 2.05) is 57.2 Å². The smallest absolute Gasteiger partial charge is 0.336 e. The highest BCUT2D eigenvalue weighted by atomic mass is 32.2. The van der Waals surface area contributed by atoms with Crippen LogP contribution in [0.4, 0.5) is 5.69 Å². The van der Waals surface area contributed by atoms with Crippen molar-refractivity contribution in [1.29, 1.82) is 5.41 Å². The summed E-state index contributed by atoms with van der Waals surface area (Å²) in [6, 6.07) is 18.8. The Kier molecular flexibility index (Phi) is 11.2. The number of carbonyl (C=O) groups is 2. The lowest BCUT2D eigenvalue weighted by Gasteiger charge is -2.29. The number of aromatic carboxylic acids is 1. The number of rotatable bonds is 9. The van der Waals surface area contributed by atoms with Gasteiger partial charge in [-0.15, -0.1) is 0 Å². The van der Waals surface area contributed by atoms with Crippen molar-refractivity contribution in [2.24, 2.45) is 11.1 Å². The third-order valence-corrected chi connectivity index (χ3v) is 6.03. The summed E-state index contributed by atoms with van der Waals surface area (Å²) >= 11 is 0. The number of nitrogen functional groups attached to an aromatic ring is 1. The van der Waals surface area contributed by atoms with E-state index in [1.165, 1.54) is 6.07 Å². The summed E-state index contributed by atoms with van der Waals surface area (Å²) in [5, 5.41) is 33.2. The van der Waals surface area contributed by atoms with Crippen molar-refractivity contribution < 1.29 is 32.8 Å². The van der Waals surface area contributed by atoms with E-state index in [-0.39, 0.29) is 29.0 Å². The Labute approximate surface area is 239 Å². The minimum absolute atomic E-state index is 0.00416. The average molecular weight is 585 g/mol. The molecule has 220 valence electrons. The minimum Gasteiger partial charge on any atom is -0.478 e. The first-order chi connectivity index (χ1) is 19.0. The molecule has 0 aliphatic rings. The van der Waals surface area contributed by atoms with Crippen molar-refractivity contribution in [1.82, 2.24) is 5.32 Å². The molecule has 0 spiro atoms. The van der Waals surface area contributed by atoms with E-state index >= 15 is 0 Å². The predicted octanol–water partition coefficient (Wildman–Crippen LogP) is 3.59. The number of amides is 1. The van der Waals surface area contributed by atoms with Crippen LogP contribution in [0.25, 0.3) is 11.1 Å². The number of amidine groups is 1. The van der Waals surface area contributed by atoms with Crippen molar-refractivity contribution in [2.75, 3.05) is 18.2 Å². The van der Waals surface area contributed by atoms with Crippen LogP contribution in [0, 0.1) is 10.8 Å². The van der Waals surface area contributed by atoms with Crippen LogP contribution >= 0.6 is 0 Å². The zero-order chi connectivity index (χ0) is 31.0. The number of nitrogens with two attached hydrogens (primary N) is 1. The van der Waals surface area contributed by atoms with Crippen LogP contribution in [0.3, 0.4) is 0 Å². The maximum Gasteiger partial charge on any atom is 0.336 e. The second-order valence-electron chi connectivity index (χ2n) is 10.4. The SMILES string of the molecule is CC(C)(C)[C@@H](CO)NC(=O)c1ccc(-c2ccccc2CNc2ccc(C(=N)N)cc2)c(C(=O)O)c1.CS(=O)(=O)O. The number of carboxylic acid groups (broad SMARTS) is 1. The monoisotopic (exact) mass is 584 g/mol. The molecule has 0 aliphatic heterocycles. The second kappa shape index (κ2) is 13.9. The van der Waals surface area contributed by atoms with Gasteiger partial charge in [0.15, 0.2) is 0 Å². The number of carboxylic acids is 1. The molecule has 11 nitrogen and oxygen atoms in total. The van der Waals surface area contributed by atoms with E-state index in [0.717, 1.165) is 16.8 Å². The molecular weight excluding hydrogens is 548 g/mol. The van der Waals surface area contributed by atoms with Crippen LogP contribution in [-0.2, 0) is 16.7 Å². The first kappa shape index (κ1) is 32.9. The number of hydrogen-bond donors (Lipinski definition) is 7. The number of nitrogens with one attached hydrogen (secondary N) is 3. The van der Waals surface area contributed by atoms with Crippen molar-refractivity contribution in [3.8, 4) is 11.1 Å². The Bertz CT molecular complexity index is 1490. The van der Waals surface area contributed by atoms with Gasteiger partial charge in [0.1, 0.15) is 5.84 Å². The Morgan fingerprint density at radius 3 is 2.05 bits per heavy atom. The fourth-order valence-corrected chi connectivity index (χ4v) is 3.78. The van der Waals surface area contributed by atoms with Crippen LogP contribution in [0.2, 0.25) is 0 Å². The largest absolute Gasteiger partial charge is 0.478 e. The van der Waals surface area contributed by atoms with E-state index in [9.17, 15) is 28.2 Å². The summed E-state index contributed by atoms with van der Waals surface area (Å²) in [4.78, 5) is 25.0. The molecule has 0 aliphatic carbocycles. The number of aliphatic hydroxyl groups excluding tert-OH is 1. The third kappa shape index (κ3) is 10.3. The highest BCUT2D eigenvalue weighted by molar-refractivity contribution is 7.85. The molecular formula is C29H36N4O7S. The van der Waals surface area contributed by atoms with E-state index in [4.69, 9.17) is 15.7 Å². The van der Waals surface area contributed by atoms with Gasteiger partial charge < -0.3 is 26.6 Å². The molecule has 3 rings (SSSR count). The lowest BCUT2D eigenvalue weighted by Crippen LogP contribution is -2.46. The molecule has 1 atom stereocenters. The van der Waals surface area contributed by atoms with Crippen molar-refractivity contribution in [3.63, 3.8) is 0 Å². The second-order valence-corrected chi connectivity index (χ2v) is 11.8. The van der Waals surface area contributed by atoms with Gasteiger partial charge in [-0.1, -0.05) is 51.1 Å². The van der Waals surface area contributed by atoms with Gasteiger partial charge in [-0.25, -0.2) is 4.79 Å². The van der Waals surface area contributed by atoms with Crippen molar-refractivity contribution in [2.45, 2.75) is 33.4 Å². The first-order valence-corrected chi connectivity index (χ1v) is 14.3. The van der Waals surface area contributed by atoms with Gasteiger partial charge in [0.05, 0.1) is 24.5 Å². The van der Waals surface area contributed by atoms with E-state index in [0.29, 0.717) is 23.9 Å². The van der Waals surface area contributed by atoms with E-state index in [1.54, 1.807) is 24.3 Å². The molecule has 0 radical (unpaired) electrons. The summed E-state index contributed by atoms with van der Waals surface area (Å²) in [5.41, 5.74) is 8.93. The molecule has 0 bridgehead atoms. The van der Waals surface area contributed by atoms with Crippen LogP contribution in [0.5, 0.6) is 0 Å². The number of anilines is 1. The lowest BCUT2D eigenvalue weighted by molar-refractivity contribution is 0.0697. The van der Waals surface area contributed by atoms with E-state index in [2.05, 4.69) is 10.6 Å². The summed E-state index contributed by atoms with van der Waals surface area (Å²) in [6.45, 7) is 5.92. The van der Waals surface area contributed by atoms with Gasteiger partial charge in [-0.3, -0.25) is 14.8 Å². The zero-order valence-corrected chi connectivity index (χ0v) is 24.1. The summed E-state index contributed by atoms with van der Waals surface area (Å²) in [5.74, 6) is -1.59. The topological polar surface area (TPSA) is 203 Å². The molecule has 12 heteroatoms. The molecule has 8 N–H and O–H groups in total.